The molecule has 1 aromatic heterocycles. The zero-order valence-corrected chi connectivity index (χ0v) is 13.5. The molecule has 0 fully saturated rings. The highest BCUT2D eigenvalue weighted by molar-refractivity contribution is 7.89. The highest BCUT2D eigenvalue weighted by Crippen LogP contribution is 2.27. The van der Waals surface area contributed by atoms with E-state index in [-0.39, 0.29) is 16.5 Å². The van der Waals surface area contributed by atoms with Gasteiger partial charge in [-0.3, -0.25) is 4.79 Å². The molecule has 3 N–H and O–H groups in total. The minimum atomic E-state index is -3.84. The third-order valence-electron chi connectivity index (χ3n) is 2.95. The first-order valence-corrected chi connectivity index (χ1v) is 8.86. The predicted octanol–water partition coefficient (Wildman–Crippen LogP) is 1.98. The number of carbonyl (C=O) groups is 1. The van der Waals surface area contributed by atoms with E-state index in [2.05, 4.69) is 5.32 Å². The van der Waals surface area contributed by atoms with Gasteiger partial charge in [-0.2, -0.15) is 0 Å². The molecule has 2 rings (SSSR count). The average Bonchev–Trinajstić information content (AvgIpc) is 2.97. The van der Waals surface area contributed by atoms with Gasteiger partial charge in [-0.15, -0.1) is 11.3 Å². The Morgan fingerprint density at radius 3 is 2.73 bits per heavy atom. The highest BCUT2D eigenvalue weighted by atomic mass is 32.2. The molecule has 22 heavy (non-hydrogen) atoms. The van der Waals surface area contributed by atoms with Crippen molar-refractivity contribution in [3.8, 4) is 5.75 Å². The van der Waals surface area contributed by atoms with Gasteiger partial charge in [-0.05, 0) is 36.1 Å². The summed E-state index contributed by atoms with van der Waals surface area (Å²) in [5.74, 6) is 0.148. The highest BCUT2D eigenvalue weighted by Gasteiger charge is 2.14. The largest absolute Gasteiger partial charge is 0.495 e. The number of rotatable bonds is 6. The molecule has 0 aliphatic carbocycles. The first kappa shape index (κ1) is 16.5. The summed E-state index contributed by atoms with van der Waals surface area (Å²) in [6.07, 6.45) is 0.921. The molecular formula is C14H16N2O4S2. The van der Waals surface area contributed by atoms with Crippen LogP contribution in [0, 0.1) is 0 Å². The van der Waals surface area contributed by atoms with Gasteiger partial charge in [-0.25, -0.2) is 13.6 Å². The maximum absolute atomic E-state index is 12.0. The van der Waals surface area contributed by atoms with E-state index in [1.807, 2.05) is 17.5 Å². The van der Waals surface area contributed by atoms with E-state index in [0.717, 1.165) is 4.88 Å². The number of aryl methyl sites for hydroxylation is 1. The van der Waals surface area contributed by atoms with E-state index in [9.17, 15) is 13.2 Å². The van der Waals surface area contributed by atoms with Crippen LogP contribution in [0.1, 0.15) is 11.3 Å². The number of primary sulfonamides is 1. The Balaban J connectivity index is 2.11. The summed E-state index contributed by atoms with van der Waals surface area (Å²) in [7, 11) is -2.40. The summed E-state index contributed by atoms with van der Waals surface area (Å²) >= 11 is 1.58. The van der Waals surface area contributed by atoms with Crippen molar-refractivity contribution in [3.05, 3.63) is 40.6 Å². The van der Waals surface area contributed by atoms with Crippen molar-refractivity contribution < 1.29 is 17.9 Å². The third kappa shape index (κ3) is 4.30. The topological polar surface area (TPSA) is 98.5 Å². The third-order valence-corrected chi connectivity index (χ3v) is 4.80. The molecule has 6 nitrogen and oxygen atoms in total. The summed E-state index contributed by atoms with van der Waals surface area (Å²) in [5.41, 5.74) is 0.283. The van der Waals surface area contributed by atoms with Gasteiger partial charge in [0.2, 0.25) is 15.9 Å². The molecule has 0 atom stereocenters. The second-order valence-electron chi connectivity index (χ2n) is 4.53. The van der Waals surface area contributed by atoms with E-state index in [4.69, 9.17) is 9.88 Å². The first-order valence-electron chi connectivity index (χ1n) is 6.43. The van der Waals surface area contributed by atoms with Gasteiger partial charge in [0.15, 0.2) is 0 Å². The summed E-state index contributed by atoms with van der Waals surface area (Å²) in [6, 6.07) is 7.96. The number of nitrogens with two attached hydrogens (primary N) is 1. The smallest absolute Gasteiger partial charge is 0.238 e. The number of benzene rings is 1. The van der Waals surface area contributed by atoms with E-state index in [0.29, 0.717) is 18.6 Å². The number of sulfonamides is 1. The van der Waals surface area contributed by atoms with Crippen molar-refractivity contribution >= 4 is 33.0 Å². The standard InChI is InChI=1S/C14H16N2O4S2/c1-20-13-6-5-11(22(15,18)19)9-12(13)16-14(17)7-4-10-3-2-8-21-10/h2-3,5-6,8-9H,4,7H2,1H3,(H,16,17)(H2,15,18,19). The van der Waals surface area contributed by atoms with E-state index in [1.54, 1.807) is 11.3 Å². The van der Waals surface area contributed by atoms with Crippen LogP contribution in [-0.4, -0.2) is 21.4 Å². The molecule has 0 unspecified atom stereocenters. The molecule has 0 saturated heterocycles. The number of hydrogen-bond donors (Lipinski definition) is 2. The fourth-order valence-electron chi connectivity index (χ4n) is 1.87. The average molecular weight is 340 g/mol. The quantitative estimate of drug-likeness (QED) is 0.840. The molecule has 0 aliphatic rings. The number of ether oxygens (including phenoxy) is 1. The Bertz CT molecular complexity index is 755. The monoisotopic (exact) mass is 340 g/mol. The summed E-state index contributed by atoms with van der Waals surface area (Å²) in [6.45, 7) is 0. The van der Waals surface area contributed by atoms with Crippen LogP contribution < -0.4 is 15.2 Å². The van der Waals surface area contributed by atoms with Crippen LogP contribution in [-0.2, 0) is 21.2 Å². The number of carbonyl (C=O) groups excluding carboxylic acids is 1. The van der Waals surface area contributed by atoms with Crippen molar-refractivity contribution in [1.82, 2.24) is 0 Å². The molecule has 118 valence electrons. The van der Waals surface area contributed by atoms with Gasteiger partial charge in [0.25, 0.3) is 0 Å². The van der Waals surface area contributed by atoms with Crippen LogP contribution in [0.25, 0.3) is 0 Å². The molecule has 1 heterocycles. The van der Waals surface area contributed by atoms with Gasteiger partial charge < -0.3 is 10.1 Å². The fourth-order valence-corrected chi connectivity index (χ4v) is 3.11. The maximum Gasteiger partial charge on any atom is 0.238 e. The zero-order valence-electron chi connectivity index (χ0n) is 11.9. The molecule has 8 heteroatoms. The fraction of sp³-hybridized carbons (Fsp3) is 0.214. The summed E-state index contributed by atoms with van der Waals surface area (Å²) in [4.78, 5) is 13.0. The van der Waals surface area contributed by atoms with Gasteiger partial charge in [-0.1, -0.05) is 6.07 Å². The number of hydrogen-bond acceptors (Lipinski definition) is 5. The van der Waals surface area contributed by atoms with Crippen molar-refractivity contribution in [2.24, 2.45) is 5.14 Å². The molecule has 0 saturated carbocycles. The number of thiophene rings is 1. The lowest BCUT2D eigenvalue weighted by atomic mass is 10.2. The Labute approximate surface area is 133 Å². The lowest BCUT2D eigenvalue weighted by Crippen LogP contribution is -2.15. The summed E-state index contributed by atoms with van der Waals surface area (Å²) < 4.78 is 27.9. The van der Waals surface area contributed by atoms with E-state index in [1.165, 1.54) is 25.3 Å². The van der Waals surface area contributed by atoms with Gasteiger partial charge in [0, 0.05) is 11.3 Å². The Hall–Kier alpha value is -1.90. The Kier molecular flexibility index (Phi) is 5.17. The Morgan fingerprint density at radius 2 is 2.14 bits per heavy atom. The molecule has 0 spiro atoms. The van der Waals surface area contributed by atoms with Gasteiger partial charge >= 0.3 is 0 Å². The van der Waals surface area contributed by atoms with E-state index < -0.39 is 10.0 Å². The van der Waals surface area contributed by atoms with Crippen molar-refractivity contribution in [1.29, 1.82) is 0 Å². The number of amides is 1. The van der Waals surface area contributed by atoms with Crippen LogP contribution in [0.15, 0.2) is 40.6 Å². The van der Waals surface area contributed by atoms with Gasteiger partial charge in [0.05, 0.1) is 17.7 Å². The van der Waals surface area contributed by atoms with Gasteiger partial charge in [0.1, 0.15) is 5.75 Å². The van der Waals surface area contributed by atoms with Crippen LogP contribution in [0.2, 0.25) is 0 Å². The normalized spacial score (nSPS) is 11.2. The van der Waals surface area contributed by atoms with Crippen LogP contribution in [0.5, 0.6) is 5.75 Å². The summed E-state index contributed by atoms with van der Waals surface area (Å²) in [5, 5.41) is 9.70. The molecule has 1 amide bonds. The van der Waals surface area contributed by atoms with E-state index >= 15 is 0 Å². The minimum Gasteiger partial charge on any atom is -0.495 e. The van der Waals surface area contributed by atoms with Crippen LogP contribution >= 0.6 is 11.3 Å². The minimum absolute atomic E-state index is 0.0816. The lowest BCUT2D eigenvalue weighted by Gasteiger charge is -2.11. The number of methoxy groups -OCH3 is 1. The number of anilines is 1. The lowest BCUT2D eigenvalue weighted by molar-refractivity contribution is -0.116. The maximum atomic E-state index is 12.0. The van der Waals surface area contributed by atoms with Crippen LogP contribution in [0.3, 0.4) is 0 Å². The Morgan fingerprint density at radius 1 is 1.36 bits per heavy atom. The zero-order chi connectivity index (χ0) is 16.2. The predicted molar refractivity (Wildman–Crippen MR) is 85.6 cm³/mol. The van der Waals surface area contributed by atoms with Crippen molar-refractivity contribution in [2.45, 2.75) is 17.7 Å². The second-order valence-corrected chi connectivity index (χ2v) is 7.13. The molecule has 0 aliphatic heterocycles. The molecule has 1 aromatic carbocycles. The molecular weight excluding hydrogens is 324 g/mol. The SMILES string of the molecule is COc1ccc(S(N)(=O)=O)cc1NC(=O)CCc1cccs1. The molecule has 0 radical (unpaired) electrons. The molecule has 0 bridgehead atoms. The van der Waals surface area contributed by atoms with Crippen molar-refractivity contribution in [2.75, 3.05) is 12.4 Å². The first-order chi connectivity index (χ1) is 10.4. The number of nitrogens with one attached hydrogen (secondary N) is 1. The van der Waals surface area contributed by atoms with Crippen LogP contribution in [0.4, 0.5) is 5.69 Å². The van der Waals surface area contributed by atoms with Crippen molar-refractivity contribution in [3.63, 3.8) is 0 Å². The second kappa shape index (κ2) is 6.91. The molecule has 2 aromatic rings.